The van der Waals surface area contributed by atoms with Crippen LogP contribution >= 0.6 is 0 Å². The van der Waals surface area contributed by atoms with E-state index in [-0.39, 0.29) is 23.0 Å². The fourth-order valence-electron chi connectivity index (χ4n) is 16.0. The number of fused-ring (bicyclic) bond motifs is 8. The van der Waals surface area contributed by atoms with Crippen LogP contribution in [0, 0.1) is 13.8 Å². The third kappa shape index (κ3) is 11.1. The van der Waals surface area contributed by atoms with Gasteiger partial charge in [0.2, 0.25) is 0 Å². The molecule has 8 heteroatoms. The van der Waals surface area contributed by atoms with Gasteiger partial charge >= 0.3 is 0 Å². The van der Waals surface area contributed by atoms with Crippen LogP contribution in [0.1, 0.15) is 90.1 Å². The normalized spacial score (nSPS) is 12.9. The van der Waals surface area contributed by atoms with Crippen LogP contribution in [0.5, 0.6) is 0 Å². The summed E-state index contributed by atoms with van der Waals surface area (Å²) in [6.07, 6.45) is 0. The van der Waals surface area contributed by atoms with E-state index in [9.17, 15) is 0 Å². The first-order valence-electron chi connectivity index (χ1n) is 36.4. The van der Waals surface area contributed by atoms with Gasteiger partial charge in [0.05, 0.1) is 11.4 Å². The van der Waals surface area contributed by atoms with Crippen LogP contribution in [0.15, 0.2) is 304 Å². The molecule has 0 atom stereocenters. The van der Waals surface area contributed by atoms with Crippen LogP contribution < -0.4 is 36.0 Å². The van der Waals surface area contributed by atoms with Gasteiger partial charge in [0.1, 0.15) is 34.0 Å². The Balaban J connectivity index is 0.926. The monoisotopic (exact) mass is 1350 g/mol. The Morgan fingerprint density at radius 1 is 0.288 bits per heavy atom. The van der Waals surface area contributed by atoms with Gasteiger partial charge in [-0.1, -0.05) is 208 Å². The van der Waals surface area contributed by atoms with Gasteiger partial charge in [-0.25, -0.2) is 0 Å². The highest BCUT2D eigenvalue weighted by atomic mass is 16.3. The molecule has 0 spiro atoms. The number of hydrogen-bond donors (Lipinski definition) is 0. The maximum atomic E-state index is 6.91. The number of para-hydroxylation sites is 5. The highest BCUT2D eigenvalue weighted by Gasteiger charge is 2.46. The maximum Gasteiger partial charge on any atom is 0.252 e. The van der Waals surface area contributed by atoms with Crippen molar-refractivity contribution in [2.75, 3.05) is 19.6 Å². The standard InChI is InChI=1S/C96H81BN4O3/c1-60-22-21-23-61(2)93(60)101-83-47-45-77(99(73-27-13-12-14-28-73)76-40-34-62-48-67(33-32-63(62)50-76)89-53-64-24-15-18-29-86(64)102-89)57-81(83)97-80-56-72(96(9,10)11)39-46-82(80)100(78-51-68(90-54-65-25-16-19-30-87(65)103-90)49-69(52-78)91-55-66-26-17-20-31-88(66)104-91)84-58-79(59-85(101)92(84)97)98(74-41-35-70(36-42-74)94(3,4)5)75-43-37-71(38-44-75)95(6,7)8/h12-59H,1-11H3. The van der Waals surface area contributed by atoms with Crippen molar-refractivity contribution in [3.05, 3.63) is 319 Å². The molecule has 2 aliphatic heterocycles. The fourth-order valence-corrected chi connectivity index (χ4v) is 16.0. The highest BCUT2D eigenvalue weighted by Crippen LogP contribution is 2.52. The zero-order valence-corrected chi connectivity index (χ0v) is 60.8. The summed E-state index contributed by atoms with van der Waals surface area (Å²) in [6, 6.07) is 107. The average Bonchev–Trinajstić information content (AvgIpc) is 0.760. The second-order valence-corrected chi connectivity index (χ2v) is 31.6. The molecule has 104 heavy (non-hydrogen) atoms. The zero-order valence-electron chi connectivity index (χ0n) is 60.8. The van der Waals surface area contributed by atoms with Crippen molar-refractivity contribution in [2.45, 2.75) is 92.4 Å². The molecule has 0 radical (unpaired) electrons. The molecular weight excluding hydrogens is 1270 g/mol. The third-order valence-electron chi connectivity index (χ3n) is 21.5. The molecule has 0 fully saturated rings. The topological polar surface area (TPSA) is 52.4 Å². The molecule has 0 aliphatic carbocycles. The Kier molecular flexibility index (Phi) is 15.0. The number of anilines is 12. The first-order chi connectivity index (χ1) is 50.2. The summed E-state index contributed by atoms with van der Waals surface area (Å²) >= 11 is 0. The lowest BCUT2D eigenvalue weighted by Crippen LogP contribution is -2.61. The number of furan rings is 3. The predicted molar refractivity (Wildman–Crippen MR) is 439 cm³/mol. The lowest BCUT2D eigenvalue weighted by molar-refractivity contribution is 0.590. The molecule has 16 aromatic rings. The third-order valence-corrected chi connectivity index (χ3v) is 21.5. The van der Waals surface area contributed by atoms with Gasteiger partial charge in [0, 0.05) is 89.7 Å². The summed E-state index contributed by atoms with van der Waals surface area (Å²) in [5, 5.41) is 5.43. The second kappa shape index (κ2) is 24.3. The molecule has 2 aliphatic rings. The Labute approximate surface area is 609 Å². The molecule has 5 heterocycles. The molecule has 0 unspecified atom stereocenters. The lowest BCUT2D eigenvalue weighted by atomic mass is 9.33. The first-order valence-corrected chi connectivity index (χ1v) is 36.4. The summed E-state index contributed by atoms with van der Waals surface area (Å²) in [7, 11) is 0. The molecular formula is C96H81BN4O3. The molecule has 7 nitrogen and oxygen atoms in total. The fraction of sp³-hybridized carbons (Fsp3) is 0.146. The van der Waals surface area contributed by atoms with Crippen LogP contribution in [0.25, 0.3) is 77.7 Å². The molecule has 0 bridgehead atoms. The van der Waals surface area contributed by atoms with Gasteiger partial charge in [-0.3, -0.25) is 0 Å². The molecule has 0 amide bonds. The Morgan fingerprint density at radius 3 is 1.26 bits per heavy atom. The minimum atomic E-state index is -0.275. The summed E-state index contributed by atoms with van der Waals surface area (Å²) in [6.45, 7) is 25.0. The number of benzene rings is 13. The SMILES string of the molecule is Cc1cccc(C)c1N1c2ccc(N(c3ccccc3)c3ccc4cc(-c5cc6ccccc6o5)ccc4c3)cc2B2c3cc(C(C)(C)C)ccc3N(c3cc(-c4cc5ccccc5o4)cc(-c4cc5ccccc5o4)c3)c3cc(N(c4ccc(C(C)(C)C)cc4)c4ccc(C(C)(C)C)cc4)cc1c32. The van der Waals surface area contributed by atoms with Gasteiger partial charge in [0.15, 0.2) is 0 Å². The van der Waals surface area contributed by atoms with Crippen LogP contribution in [0.3, 0.4) is 0 Å². The Hall–Kier alpha value is -12.0. The molecule has 3 aromatic heterocycles. The summed E-state index contributed by atoms with van der Waals surface area (Å²) in [5.41, 5.74) is 27.6. The molecule has 506 valence electrons. The zero-order chi connectivity index (χ0) is 71.1. The van der Waals surface area contributed by atoms with Crippen molar-refractivity contribution in [3.8, 4) is 34.0 Å². The minimum Gasteiger partial charge on any atom is -0.456 e. The highest BCUT2D eigenvalue weighted by molar-refractivity contribution is 7.00. The predicted octanol–water partition coefficient (Wildman–Crippen LogP) is 25.6. The summed E-state index contributed by atoms with van der Waals surface area (Å²) in [5.74, 6) is 2.40. The van der Waals surface area contributed by atoms with Crippen molar-refractivity contribution in [3.63, 3.8) is 0 Å². The number of rotatable bonds is 11. The maximum absolute atomic E-state index is 6.91. The van der Waals surface area contributed by atoms with E-state index in [1.807, 2.05) is 24.3 Å². The van der Waals surface area contributed by atoms with Crippen molar-refractivity contribution >= 4 is 135 Å². The summed E-state index contributed by atoms with van der Waals surface area (Å²) < 4.78 is 20.2. The van der Waals surface area contributed by atoms with E-state index in [1.54, 1.807) is 0 Å². The summed E-state index contributed by atoms with van der Waals surface area (Å²) in [4.78, 5) is 10.1. The molecule has 13 aromatic carbocycles. The van der Waals surface area contributed by atoms with E-state index < -0.39 is 0 Å². The largest absolute Gasteiger partial charge is 0.456 e. The number of aryl methyl sites for hydroxylation is 2. The molecule has 0 saturated carbocycles. The molecule has 0 N–H and O–H groups in total. The van der Waals surface area contributed by atoms with E-state index in [2.05, 4.69) is 363 Å². The Morgan fingerprint density at radius 2 is 0.712 bits per heavy atom. The van der Waals surface area contributed by atoms with E-state index in [0.29, 0.717) is 0 Å². The quantitative estimate of drug-likeness (QED) is 0.120. The van der Waals surface area contributed by atoms with E-state index in [4.69, 9.17) is 13.3 Å². The van der Waals surface area contributed by atoms with E-state index in [0.717, 1.165) is 146 Å². The number of nitrogens with zero attached hydrogens (tertiary/aromatic N) is 4. The molecule has 18 rings (SSSR count). The Bertz CT molecular complexity index is 5790. The first kappa shape index (κ1) is 64.1. The smallest absolute Gasteiger partial charge is 0.252 e. The van der Waals surface area contributed by atoms with Crippen LogP contribution in [-0.4, -0.2) is 6.71 Å². The van der Waals surface area contributed by atoms with Crippen molar-refractivity contribution in [1.82, 2.24) is 0 Å². The van der Waals surface area contributed by atoms with Crippen LogP contribution in [0.4, 0.5) is 68.2 Å². The minimum absolute atomic E-state index is 0.0591. The number of hydrogen-bond acceptors (Lipinski definition) is 7. The van der Waals surface area contributed by atoms with Crippen molar-refractivity contribution in [2.24, 2.45) is 0 Å². The van der Waals surface area contributed by atoms with Gasteiger partial charge < -0.3 is 32.9 Å². The van der Waals surface area contributed by atoms with Crippen LogP contribution in [-0.2, 0) is 16.2 Å². The van der Waals surface area contributed by atoms with Crippen molar-refractivity contribution < 1.29 is 13.3 Å². The van der Waals surface area contributed by atoms with Gasteiger partial charge in [-0.15, -0.1) is 0 Å². The van der Waals surface area contributed by atoms with Gasteiger partial charge in [-0.2, -0.15) is 0 Å². The van der Waals surface area contributed by atoms with Crippen LogP contribution in [0.2, 0.25) is 0 Å². The van der Waals surface area contributed by atoms with Gasteiger partial charge in [-0.05, 0) is 231 Å². The van der Waals surface area contributed by atoms with Gasteiger partial charge in [0.25, 0.3) is 6.71 Å². The van der Waals surface area contributed by atoms with E-state index >= 15 is 0 Å². The lowest BCUT2D eigenvalue weighted by Gasteiger charge is -2.46. The van der Waals surface area contributed by atoms with E-state index in [1.165, 1.54) is 44.2 Å². The van der Waals surface area contributed by atoms with Crippen molar-refractivity contribution in [1.29, 1.82) is 0 Å². The average molecular weight is 1350 g/mol. The molecule has 0 saturated heterocycles. The second-order valence-electron chi connectivity index (χ2n) is 31.6.